The van der Waals surface area contributed by atoms with Crippen LogP contribution in [0.3, 0.4) is 0 Å². The van der Waals surface area contributed by atoms with Crippen LogP contribution in [0.4, 0.5) is 0 Å². The molecule has 52 heavy (non-hydrogen) atoms. The van der Waals surface area contributed by atoms with Crippen LogP contribution in [0.25, 0.3) is 0 Å². The molecule has 3 atom stereocenters. The van der Waals surface area contributed by atoms with Crippen molar-refractivity contribution in [3.8, 4) is 5.75 Å². The number of benzene rings is 6. The van der Waals surface area contributed by atoms with Gasteiger partial charge in [0.15, 0.2) is 0 Å². The Labute approximate surface area is 305 Å². The lowest BCUT2D eigenvalue weighted by atomic mass is 9.55. The molecule has 260 valence electrons. The number of ether oxygens (including phenoxy) is 1. The molecular weight excluding hydrogens is 643 g/mol. The van der Waals surface area contributed by atoms with Gasteiger partial charge in [0.05, 0.1) is 5.92 Å². The highest BCUT2D eigenvalue weighted by Crippen LogP contribution is 2.54. The lowest BCUT2D eigenvalue weighted by molar-refractivity contribution is -0.139. The molecule has 0 saturated carbocycles. The van der Waals surface area contributed by atoms with Crippen molar-refractivity contribution in [3.63, 3.8) is 0 Å². The Morgan fingerprint density at radius 1 is 0.635 bits per heavy atom. The molecule has 1 amide bonds. The molecule has 2 bridgehead atoms. The van der Waals surface area contributed by atoms with Crippen molar-refractivity contribution in [1.29, 1.82) is 0 Å². The van der Waals surface area contributed by atoms with Gasteiger partial charge >= 0.3 is 5.97 Å². The van der Waals surface area contributed by atoms with E-state index in [1.54, 1.807) is 0 Å². The Kier molecular flexibility index (Phi) is 9.88. The van der Waals surface area contributed by atoms with Crippen molar-refractivity contribution in [2.24, 2.45) is 5.92 Å². The maximum absolute atomic E-state index is 14.8. The normalized spacial score (nSPS) is 19.0. The molecule has 5 heteroatoms. The predicted octanol–water partition coefficient (Wildman–Crippen LogP) is 8.51. The van der Waals surface area contributed by atoms with E-state index < -0.39 is 5.92 Å². The zero-order chi connectivity index (χ0) is 34.8. The van der Waals surface area contributed by atoms with E-state index in [1.165, 1.54) is 16.7 Å². The molecule has 6 aromatic carbocycles. The van der Waals surface area contributed by atoms with Gasteiger partial charge in [-0.25, -0.2) is 0 Å². The van der Waals surface area contributed by atoms with Gasteiger partial charge < -0.3 is 15.1 Å². The van der Waals surface area contributed by atoms with Gasteiger partial charge in [-0.2, -0.15) is 0 Å². The molecule has 1 aliphatic heterocycles. The highest BCUT2D eigenvalue weighted by Gasteiger charge is 2.54. The minimum Gasteiger partial charge on any atom is -0.426 e. The summed E-state index contributed by atoms with van der Waals surface area (Å²) in [7, 11) is 0. The van der Waals surface area contributed by atoms with Crippen LogP contribution in [0.5, 0.6) is 5.75 Å². The van der Waals surface area contributed by atoms with Crippen molar-refractivity contribution in [2.75, 3.05) is 6.54 Å². The molecule has 3 unspecified atom stereocenters. The third kappa shape index (κ3) is 6.22. The summed E-state index contributed by atoms with van der Waals surface area (Å²) in [5, 5.41) is 0. The molecule has 1 fully saturated rings. The molecule has 1 aliphatic carbocycles. The smallest absolute Gasteiger partial charge is 0.323 e. The van der Waals surface area contributed by atoms with Gasteiger partial charge in [0.1, 0.15) is 11.7 Å². The highest BCUT2D eigenvalue weighted by molar-refractivity contribution is 5.88. The maximum atomic E-state index is 14.8. The molecule has 0 radical (unpaired) electrons. The van der Waals surface area contributed by atoms with E-state index >= 15 is 0 Å². The van der Waals surface area contributed by atoms with Crippen molar-refractivity contribution >= 4 is 11.9 Å². The topological polar surface area (TPSA) is 78.1 Å². The molecule has 1 saturated heterocycles. The molecular formula is C47H43NO4. The third-order valence-electron chi connectivity index (χ3n) is 11.3. The van der Waals surface area contributed by atoms with Crippen LogP contribution in [0.1, 0.15) is 64.1 Å². The fourth-order valence-electron chi connectivity index (χ4n) is 8.83. The lowest BCUT2D eigenvalue weighted by Crippen LogP contribution is -2.61. The second-order valence-electron chi connectivity index (χ2n) is 13.9. The number of hydrogen-bond donors (Lipinski definition) is 0. The number of likely N-dealkylation sites (tertiary alicyclic amines) is 1. The van der Waals surface area contributed by atoms with Gasteiger partial charge in [-0.15, -0.1) is 0 Å². The zero-order valence-corrected chi connectivity index (χ0v) is 29.3. The minimum atomic E-state index is -0.550. The Bertz CT molecular complexity index is 2040. The largest absolute Gasteiger partial charge is 0.426 e. The van der Waals surface area contributed by atoms with E-state index in [0.29, 0.717) is 12.3 Å². The first-order valence-corrected chi connectivity index (χ1v) is 18.0. The van der Waals surface area contributed by atoms with Gasteiger partial charge in [-0.1, -0.05) is 165 Å². The van der Waals surface area contributed by atoms with Crippen molar-refractivity contribution < 1.29 is 19.8 Å². The lowest BCUT2D eigenvalue weighted by Gasteiger charge is -2.56. The average Bonchev–Trinajstić information content (AvgIpc) is 3.18. The molecule has 8 rings (SSSR count). The summed E-state index contributed by atoms with van der Waals surface area (Å²) in [4.78, 5) is 31.1. The van der Waals surface area contributed by atoms with Gasteiger partial charge in [-0.3, -0.25) is 9.59 Å². The van der Waals surface area contributed by atoms with E-state index in [1.807, 2.05) is 103 Å². The number of esters is 1. The quantitative estimate of drug-likeness (QED) is 0.119. The Morgan fingerprint density at radius 3 is 1.60 bits per heavy atom. The second kappa shape index (κ2) is 14.8. The molecule has 2 aliphatic rings. The summed E-state index contributed by atoms with van der Waals surface area (Å²) >= 11 is 0. The second-order valence-corrected chi connectivity index (χ2v) is 13.9. The molecule has 1 heterocycles. The fourth-order valence-corrected chi connectivity index (χ4v) is 8.83. The summed E-state index contributed by atoms with van der Waals surface area (Å²) < 4.78 is 6.29. The van der Waals surface area contributed by atoms with Gasteiger partial charge in [0.2, 0.25) is 5.91 Å². The van der Waals surface area contributed by atoms with Gasteiger partial charge in [-0.05, 0) is 69.8 Å². The van der Waals surface area contributed by atoms with Crippen molar-refractivity contribution in [3.05, 3.63) is 209 Å². The standard InChI is InChI=1S/C47H41NO3.H2O/c1-33-42-31-38-27-28-40(51-46(50)44(36-21-11-4-12-22-36)37-23-13-5-14-24-37)32-41(38)47(33,39-25-15-6-16-26-39)29-30-48(42)45(49)43(34-17-7-2-8-18-34)35-19-9-3-10-20-35;/h2-28,32-33,42-44H,29-31H2,1H3;1H2. The molecule has 6 aromatic rings. The summed E-state index contributed by atoms with van der Waals surface area (Å²) in [5.41, 5.74) is 7.06. The molecule has 0 aromatic heterocycles. The number of hydrogen-bond acceptors (Lipinski definition) is 3. The number of nitrogens with zero attached hydrogens (tertiary/aromatic N) is 1. The van der Waals surface area contributed by atoms with Crippen molar-refractivity contribution in [1.82, 2.24) is 4.90 Å². The number of piperidine rings is 1. The van der Waals surface area contributed by atoms with E-state index in [0.717, 1.165) is 35.1 Å². The van der Waals surface area contributed by atoms with Crippen LogP contribution in [0.2, 0.25) is 0 Å². The van der Waals surface area contributed by atoms with E-state index in [4.69, 9.17) is 4.74 Å². The van der Waals surface area contributed by atoms with Crippen molar-refractivity contribution in [2.45, 2.75) is 43.1 Å². The number of amides is 1. The van der Waals surface area contributed by atoms with E-state index in [2.05, 4.69) is 78.6 Å². The van der Waals surface area contributed by atoms with Crippen LogP contribution < -0.4 is 4.74 Å². The number of carbonyl (C=O) groups is 2. The first-order valence-electron chi connectivity index (χ1n) is 18.0. The van der Waals surface area contributed by atoms with Crippen LogP contribution >= 0.6 is 0 Å². The van der Waals surface area contributed by atoms with E-state index in [-0.39, 0.29) is 40.6 Å². The molecule has 5 nitrogen and oxygen atoms in total. The number of carbonyl (C=O) groups excluding carboxylic acids is 2. The van der Waals surface area contributed by atoms with E-state index in [9.17, 15) is 9.59 Å². The first kappa shape index (κ1) is 34.7. The Morgan fingerprint density at radius 2 is 1.10 bits per heavy atom. The van der Waals surface area contributed by atoms with Gasteiger partial charge in [0.25, 0.3) is 0 Å². The molecule has 0 spiro atoms. The minimum absolute atomic E-state index is 0. The van der Waals surface area contributed by atoms with Crippen LogP contribution in [-0.2, 0) is 21.4 Å². The monoisotopic (exact) mass is 685 g/mol. The highest BCUT2D eigenvalue weighted by atomic mass is 16.5. The summed E-state index contributed by atoms with van der Waals surface area (Å²) in [5.74, 6) is -0.433. The van der Waals surface area contributed by atoms with Gasteiger partial charge in [0, 0.05) is 18.0 Å². The predicted molar refractivity (Wildman–Crippen MR) is 205 cm³/mol. The number of rotatable bonds is 8. The summed E-state index contributed by atoms with van der Waals surface area (Å²) in [6.45, 7) is 2.94. The number of fused-ring (bicyclic) bond motifs is 4. The SMILES string of the molecule is CC1C2Cc3ccc(OC(=O)C(c4ccccc4)c4ccccc4)cc3C1(c1ccccc1)CCN2C(=O)C(c1ccccc1)c1ccccc1.O. The molecule has 2 N–H and O–H groups in total. The van der Waals surface area contributed by atoms with Crippen LogP contribution in [-0.4, -0.2) is 34.8 Å². The maximum Gasteiger partial charge on any atom is 0.323 e. The Balaban J connectivity index is 0.00000420. The first-order chi connectivity index (χ1) is 25.0. The Hall–Kier alpha value is -5.78. The zero-order valence-electron chi connectivity index (χ0n) is 29.3. The summed E-state index contributed by atoms with van der Waals surface area (Å²) in [6.07, 6.45) is 1.50. The third-order valence-corrected chi connectivity index (χ3v) is 11.3. The fraction of sp³-hybridized carbons (Fsp3) is 0.191. The van der Waals surface area contributed by atoms with Crippen LogP contribution in [0.15, 0.2) is 170 Å². The van der Waals surface area contributed by atoms with Crippen LogP contribution in [0, 0.1) is 5.92 Å². The summed E-state index contributed by atoms with van der Waals surface area (Å²) in [6, 6.07) is 56.8. The average molecular weight is 686 g/mol.